The summed E-state index contributed by atoms with van der Waals surface area (Å²) in [5.41, 5.74) is 2.29. The van der Waals surface area contributed by atoms with E-state index in [0.29, 0.717) is 49.0 Å². The highest BCUT2D eigenvalue weighted by molar-refractivity contribution is 5.76. The summed E-state index contributed by atoms with van der Waals surface area (Å²) in [6.45, 7) is 3.39. The van der Waals surface area contributed by atoms with Gasteiger partial charge in [-0.1, -0.05) is 24.1 Å². The number of ether oxygens (including phenoxy) is 2. The fraction of sp³-hybridized carbons (Fsp3) is 0.423. The van der Waals surface area contributed by atoms with E-state index in [1.807, 2.05) is 6.07 Å². The fourth-order valence-corrected chi connectivity index (χ4v) is 4.83. The van der Waals surface area contributed by atoms with E-state index in [-0.39, 0.29) is 23.6 Å². The van der Waals surface area contributed by atoms with Crippen LogP contribution in [-0.2, 0) is 16.6 Å². The molecule has 1 aliphatic heterocycles. The average molecular weight is 466 g/mol. The summed E-state index contributed by atoms with van der Waals surface area (Å²) in [4.78, 5) is 17.0. The van der Waals surface area contributed by atoms with E-state index < -0.39 is 0 Å². The van der Waals surface area contributed by atoms with Crippen LogP contribution in [0.5, 0.6) is 11.5 Å². The number of fused-ring (bicyclic) bond motifs is 1. The highest BCUT2D eigenvalue weighted by atomic mass is 19.1. The van der Waals surface area contributed by atoms with Crippen LogP contribution in [0.25, 0.3) is 11.4 Å². The first-order valence-electron chi connectivity index (χ1n) is 11.8. The van der Waals surface area contributed by atoms with Crippen molar-refractivity contribution in [3.8, 4) is 22.9 Å². The molecule has 2 aromatic carbocycles. The molecule has 1 N–H and O–H groups in total. The Labute approximate surface area is 197 Å². The van der Waals surface area contributed by atoms with Crippen LogP contribution in [0.1, 0.15) is 49.1 Å². The maximum atomic E-state index is 13.5. The molecular formula is C26H28FN3O4. The number of carbonyl (C=O) groups excluding carboxylic acids is 1. The molecule has 2 aliphatic rings. The molecule has 1 aromatic heterocycles. The number of rotatable bonds is 7. The van der Waals surface area contributed by atoms with Gasteiger partial charge in [0.25, 0.3) is 0 Å². The SMILES string of the molecule is Cc1cc(-c2noc(CCC(=O)NCC3(c4ccc5c(c4)OCCO5)CCCC3)n2)ccc1F. The molecule has 8 heteroatoms. The highest BCUT2D eigenvalue weighted by Gasteiger charge is 2.36. The molecule has 34 heavy (non-hydrogen) atoms. The van der Waals surface area contributed by atoms with Gasteiger partial charge in [-0.15, -0.1) is 0 Å². The molecule has 1 aliphatic carbocycles. The summed E-state index contributed by atoms with van der Waals surface area (Å²) < 4.78 is 30.2. The van der Waals surface area contributed by atoms with E-state index in [1.54, 1.807) is 19.1 Å². The van der Waals surface area contributed by atoms with Gasteiger partial charge in [0.15, 0.2) is 11.5 Å². The quantitative estimate of drug-likeness (QED) is 0.552. The van der Waals surface area contributed by atoms with Crippen molar-refractivity contribution in [1.82, 2.24) is 15.5 Å². The molecule has 2 heterocycles. The third-order valence-corrected chi connectivity index (χ3v) is 6.79. The summed E-state index contributed by atoms with van der Waals surface area (Å²) in [5.74, 6) is 2.00. The molecule has 178 valence electrons. The number of carbonyl (C=O) groups is 1. The first-order chi connectivity index (χ1) is 16.5. The number of aryl methyl sites for hydroxylation is 2. The number of aromatic nitrogens is 2. The van der Waals surface area contributed by atoms with Crippen LogP contribution >= 0.6 is 0 Å². The zero-order valence-electron chi connectivity index (χ0n) is 19.2. The van der Waals surface area contributed by atoms with Crippen molar-refractivity contribution >= 4 is 5.91 Å². The maximum Gasteiger partial charge on any atom is 0.227 e. The van der Waals surface area contributed by atoms with Crippen LogP contribution in [0, 0.1) is 12.7 Å². The topological polar surface area (TPSA) is 86.5 Å². The second-order valence-electron chi connectivity index (χ2n) is 9.10. The van der Waals surface area contributed by atoms with Gasteiger partial charge in [0.1, 0.15) is 19.0 Å². The Kier molecular flexibility index (Phi) is 6.22. The third-order valence-electron chi connectivity index (χ3n) is 6.79. The molecule has 0 spiro atoms. The molecular weight excluding hydrogens is 437 g/mol. The number of benzene rings is 2. The Hall–Kier alpha value is -3.42. The molecule has 1 amide bonds. The molecule has 5 rings (SSSR count). The lowest BCUT2D eigenvalue weighted by molar-refractivity contribution is -0.121. The number of halogens is 1. The molecule has 1 fully saturated rings. The number of nitrogens with zero attached hydrogens (tertiary/aromatic N) is 2. The van der Waals surface area contributed by atoms with Crippen LogP contribution in [-0.4, -0.2) is 35.8 Å². The molecule has 1 saturated carbocycles. The van der Waals surface area contributed by atoms with Gasteiger partial charge >= 0.3 is 0 Å². The predicted octanol–water partition coefficient (Wildman–Crippen LogP) is 4.52. The van der Waals surface area contributed by atoms with Crippen LogP contribution in [0.2, 0.25) is 0 Å². The van der Waals surface area contributed by atoms with Crippen molar-refractivity contribution in [1.29, 1.82) is 0 Å². The minimum atomic E-state index is -0.277. The molecule has 3 aromatic rings. The fourth-order valence-electron chi connectivity index (χ4n) is 4.83. The summed E-state index contributed by atoms with van der Waals surface area (Å²) in [6.07, 6.45) is 4.92. The van der Waals surface area contributed by atoms with Gasteiger partial charge in [0.2, 0.25) is 17.6 Å². The number of hydrogen-bond donors (Lipinski definition) is 1. The lowest BCUT2D eigenvalue weighted by Gasteiger charge is -2.31. The standard InChI is InChI=1S/C26H28FN3O4/c1-17-14-18(4-6-20(17)27)25-29-24(34-30-25)9-8-23(31)28-16-26(10-2-3-11-26)19-5-7-21-22(15-19)33-13-12-32-21/h4-7,14-15H,2-3,8-13,16H2,1H3,(H,28,31). The van der Waals surface area contributed by atoms with Gasteiger partial charge in [0, 0.05) is 30.4 Å². The Morgan fingerprint density at radius 3 is 2.68 bits per heavy atom. The zero-order chi connectivity index (χ0) is 23.5. The van der Waals surface area contributed by atoms with Crippen LogP contribution in [0.4, 0.5) is 4.39 Å². The van der Waals surface area contributed by atoms with E-state index in [1.165, 1.54) is 11.6 Å². The van der Waals surface area contributed by atoms with Gasteiger partial charge in [0.05, 0.1) is 0 Å². The van der Waals surface area contributed by atoms with Gasteiger partial charge in [-0.3, -0.25) is 4.79 Å². The summed E-state index contributed by atoms with van der Waals surface area (Å²) in [7, 11) is 0. The lowest BCUT2D eigenvalue weighted by atomic mass is 9.78. The highest BCUT2D eigenvalue weighted by Crippen LogP contribution is 2.43. The molecule has 0 bridgehead atoms. The monoisotopic (exact) mass is 465 g/mol. The Morgan fingerprint density at radius 1 is 1.09 bits per heavy atom. The lowest BCUT2D eigenvalue weighted by Crippen LogP contribution is -2.39. The van der Waals surface area contributed by atoms with Crippen molar-refractivity contribution in [3.05, 3.63) is 59.2 Å². The summed E-state index contributed by atoms with van der Waals surface area (Å²) >= 11 is 0. The third kappa shape index (κ3) is 4.62. The van der Waals surface area contributed by atoms with Crippen molar-refractivity contribution < 1.29 is 23.2 Å². The molecule has 0 saturated heterocycles. The number of amides is 1. The van der Waals surface area contributed by atoms with Gasteiger partial charge in [-0.2, -0.15) is 4.98 Å². The van der Waals surface area contributed by atoms with Crippen LogP contribution in [0.3, 0.4) is 0 Å². The van der Waals surface area contributed by atoms with E-state index in [2.05, 4.69) is 27.6 Å². The minimum absolute atomic E-state index is 0.0544. The summed E-state index contributed by atoms with van der Waals surface area (Å²) in [6, 6.07) is 10.8. The van der Waals surface area contributed by atoms with Gasteiger partial charge in [-0.25, -0.2) is 4.39 Å². The van der Waals surface area contributed by atoms with Crippen LogP contribution in [0.15, 0.2) is 40.9 Å². The summed E-state index contributed by atoms with van der Waals surface area (Å²) in [5, 5.41) is 7.09. The second kappa shape index (κ2) is 9.44. The molecule has 0 unspecified atom stereocenters. The Morgan fingerprint density at radius 2 is 1.88 bits per heavy atom. The number of hydrogen-bond acceptors (Lipinski definition) is 6. The van der Waals surface area contributed by atoms with E-state index in [4.69, 9.17) is 14.0 Å². The molecule has 0 atom stereocenters. The average Bonchev–Trinajstić information content (AvgIpc) is 3.54. The van der Waals surface area contributed by atoms with Crippen LogP contribution < -0.4 is 14.8 Å². The normalized spacial score (nSPS) is 16.4. The smallest absolute Gasteiger partial charge is 0.227 e. The van der Waals surface area contributed by atoms with E-state index >= 15 is 0 Å². The van der Waals surface area contributed by atoms with Crippen molar-refractivity contribution in [2.45, 2.75) is 50.9 Å². The first kappa shape index (κ1) is 22.4. The Balaban J connectivity index is 1.19. The van der Waals surface area contributed by atoms with E-state index in [9.17, 15) is 9.18 Å². The Bertz CT molecular complexity index is 1190. The number of nitrogens with one attached hydrogen (secondary N) is 1. The zero-order valence-corrected chi connectivity index (χ0v) is 19.2. The minimum Gasteiger partial charge on any atom is -0.486 e. The van der Waals surface area contributed by atoms with Crippen molar-refractivity contribution in [3.63, 3.8) is 0 Å². The predicted molar refractivity (Wildman–Crippen MR) is 123 cm³/mol. The second-order valence-corrected chi connectivity index (χ2v) is 9.10. The molecule has 0 radical (unpaired) electrons. The van der Waals surface area contributed by atoms with Gasteiger partial charge in [-0.05, 0) is 61.2 Å². The molecule has 7 nitrogen and oxygen atoms in total. The van der Waals surface area contributed by atoms with E-state index in [0.717, 1.165) is 37.2 Å². The maximum absolute atomic E-state index is 13.5. The van der Waals surface area contributed by atoms with Crippen molar-refractivity contribution in [2.24, 2.45) is 0 Å². The van der Waals surface area contributed by atoms with Gasteiger partial charge < -0.3 is 19.3 Å². The largest absolute Gasteiger partial charge is 0.486 e. The first-order valence-corrected chi connectivity index (χ1v) is 11.8. The van der Waals surface area contributed by atoms with Crippen molar-refractivity contribution in [2.75, 3.05) is 19.8 Å².